The summed E-state index contributed by atoms with van der Waals surface area (Å²) in [5.74, 6) is 2.37. The number of carbonyl (C=O) groups is 1. The van der Waals surface area contributed by atoms with Crippen LogP contribution in [0.3, 0.4) is 0 Å². The Hall–Kier alpha value is -3.32. The Morgan fingerprint density at radius 1 is 1.06 bits per heavy atom. The third kappa shape index (κ3) is 5.11. The third-order valence-corrected chi connectivity index (χ3v) is 5.64. The van der Waals surface area contributed by atoms with Crippen LogP contribution in [-0.2, 0) is 24.3 Å². The molecule has 1 aliphatic rings. The summed E-state index contributed by atoms with van der Waals surface area (Å²) in [6, 6.07) is 11.9. The second kappa shape index (κ2) is 9.87. The fourth-order valence-electron chi connectivity index (χ4n) is 4.01. The van der Waals surface area contributed by atoms with Crippen molar-refractivity contribution in [3.05, 3.63) is 77.0 Å². The van der Waals surface area contributed by atoms with Gasteiger partial charge in [0.25, 0.3) is 0 Å². The van der Waals surface area contributed by atoms with Crippen molar-refractivity contribution >= 4 is 11.7 Å². The van der Waals surface area contributed by atoms with Crippen molar-refractivity contribution in [1.82, 2.24) is 19.9 Å². The fraction of sp³-hybridized carbons (Fsp3) is 0.360. The number of aromatic nitrogens is 3. The molecule has 7 heteroatoms. The van der Waals surface area contributed by atoms with E-state index in [0.717, 1.165) is 40.5 Å². The maximum absolute atomic E-state index is 12.7. The molecule has 1 aliphatic heterocycles. The highest BCUT2D eigenvalue weighted by Gasteiger charge is 2.28. The predicted octanol–water partition coefficient (Wildman–Crippen LogP) is 3.48. The van der Waals surface area contributed by atoms with Crippen LogP contribution in [0.2, 0.25) is 0 Å². The van der Waals surface area contributed by atoms with Crippen LogP contribution < -0.4 is 9.64 Å². The van der Waals surface area contributed by atoms with Crippen molar-refractivity contribution in [2.75, 3.05) is 25.1 Å². The molecular formula is C25H29N5O2. The quantitative estimate of drug-likeness (QED) is 0.544. The Morgan fingerprint density at radius 3 is 2.69 bits per heavy atom. The summed E-state index contributed by atoms with van der Waals surface area (Å²) in [5.41, 5.74) is 4.21. The van der Waals surface area contributed by atoms with Crippen molar-refractivity contribution in [3.8, 4) is 5.75 Å². The molecule has 0 radical (unpaired) electrons. The lowest BCUT2D eigenvalue weighted by atomic mass is 10.0. The molecule has 32 heavy (non-hydrogen) atoms. The van der Waals surface area contributed by atoms with E-state index < -0.39 is 0 Å². The number of fused-ring (bicyclic) bond motifs is 1. The number of ether oxygens (including phenoxy) is 1. The number of rotatable bonds is 8. The van der Waals surface area contributed by atoms with Crippen molar-refractivity contribution in [3.63, 3.8) is 0 Å². The van der Waals surface area contributed by atoms with Crippen molar-refractivity contribution < 1.29 is 9.53 Å². The SMILES string of the molecule is Cc1ccccc1OCCN1C(=O)CCc2c(C)nc(CN(C)Cc3cccnc3)nc21. The highest BCUT2D eigenvalue weighted by atomic mass is 16.5. The summed E-state index contributed by atoms with van der Waals surface area (Å²) >= 11 is 0. The number of para-hydroxylation sites is 1. The van der Waals surface area contributed by atoms with Crippen LogP contribution in [-0.4, -0.2) is 46.0 Å². The van der Waals surface area contributed by atoms with E-state index in [0.29, 0.717) is 38.4 Å². The minimum Gasteiger partial charge on any atom is -0.491 e. The van der Waals surface area contributed by atoms with Crippen LogP contribution >= 0.6 is 0 Å². The van der Waals surface area contributed by atoms with Crippen molar-refractivity contribution in [2.45, 2.75) is 39.8 Å². The first-order valence-corrected chi connectivity index (χ1v) is 10.9. The zero-order chi connectivity index (χ0) is 22.5. The molecule has 166 valence electrons. The lowest BCUT2D eigenvalue weighted by Gasteiger charge is -2.29. The number of aryl methyl sites for hydroxylation is 2. The number of pyridine rings is 1. The summed E-state index contributed by atoms with van der Waals surface area (Å²) < 4.78 is 5.94. The van der Waals surface area contributed by atoms with E-state index in [1.54, 1.807) is 11.1 Å². The van der Waals surface area contributed by atoms with Gasteiger partial charge in [-0.05, 0) is 50.6 Å². The first kappa shape index (κ1) is 21.9. The minimum absolute atomic E-state index is 0.0821. The van der Waals surface area contributed by atoms with Gasteiger partial charge in [-0.25, -0.2) is 9.97 Å². The maximum atomic E-state index is 12.7. The van der Waals surface area contributed by atoms with E-state index in [1.807, 2.05) is 57.4 Å². The lowest BCUT2D eigenvalue weighted by molar-refractivity contribution is -0.119. The Balaban J connectivity index is 1.48. The standard InChI is InChI=1S/C25H29N5O2/c1-18-7-4-5-9-22(18)32-14-13-30-24(31)11-10-21-19(2)27-23(28-25(21)30)17-29(3)16-20-8-6-12-26-15-20/h4-9,12,15H,10-11,13-14,16-17H2,1-3H3. The van der Waals surface area contributed by atoms with E-state index in [-0.39, 0.29) is 5.91 Å². The average molecular weight is 432 g/mol. The van der Waals surface area contributed by atoms with E-state index in [1.165, 1.54) is 0 Å². The fourth-order valence-corrected chi connectivity index (χ4v) is 4.01. The number of amides is 1. The highest BCUT2D eigenvalue weighted by molar-refractivity contribution is 5.95. The molecule has 0 saturated heterocycles. The van der Waals surface area contributed by atoms with Gasteiger partial charge in [-0.3, -0.25) is 19.6 Å². The molecule has 0 atom stereocenters. The normalized spacial score (nSPS) is 13.4. The van der Waals surface area contributed by atoms with Crippen molar-refractivity contribution in [1.29, 1.82) is 0 Å². The molecule has 0 saturated carbocycles. The van der Waals surface area contributed by atoms with Crippen LogP contribution in [0.1, 0.15) is 34.6 Å². The van der Waals surface area contributed by atoms with E-state index in [9.17, 15) is 4.79 Å². The van der Waals surface area contributed by atoms with E-state index in [4.69, 9.17) is 14.7 Å². The molecule has 0 aliphatic carbocycles. The molecule has 3 heterocycles. The molecule has 0 fully saturated rings. The lowest BCUT2D eigenvalue weighted by Crippen LogP contribution is -2.39. The largest absolute Gasteiger partial charge is 0.491 e. The number of nitrogens with zero attached hydrogens (tertiary/aromatic N) is 5. The van der Waals surface area contributed by atoms with Gasteiger partial charge in [0, 0.05) is 36.6 Å². The van der Waals surface area contributed by atoms with Gasteiger partial charge in [0.2, 0.25) is 5.91 Å². The van der Waals surface area contributed by atoms with Gasteiger partial charge in [-0.15, -0.1) is 0 Å². The van der Waals surface area contributed by atoms with Gasteiger partial charge in [0.15, 0.2) is 0 Å². The summed E-state index contributed by atoms with van der Waals surface area (Å²) in [7, 11) is 2.03. The molecule has 4 rings (SSSR count). The van der Waals surface area contributed by atoms with Gasteiger partial charge in [-0.1, -0.05) is 24.3 Å². The highest BCUT2D eigenvalue weighted by Crippen LogP contribution is 2.28. The van der Waals surface area contributed by atoms with Gasteiger partial charge in [-0.2, -0.15) is 0 Å². The van der Waals surface area contributed by atoms with Crippen molar-refractivity contribution in [2.24, 2.45) is 0 Å². The van der Waals surface area contributed by atoms with Gasteiger partial charge >= 0.3 is 0 Å². The van der Waals surface area contributed by atoms with Crippen LogP contribution in [0.4, 0.5) is 5.82 Å². The molecule has 3 aromatic rings. The Bertz CT molecular complexity index is 1090. The van der Waals surface area contributed by atoms with E-state index in [2.05, 4.69) is 16.0 Å². The second-order valence-electron chi connectivity index (χ2n) is 8.22. The van der Waals surface area contributed by atoms with E-state index >= 15 is 0 Å². The minimum atomic E-state index is 0.0821. The monoisotopic (exact) mass is 431 g/mol. The predicted molar refractivity (Wildman–Crippen MR) is 124 cm³/mol. The zero-order valence-corrected chi connectivity index (χ0v) is 18.9. The first-order valence-electron chi connectivity index (χ1n) is 10.9. The summed E-state index contributed by atoms with van der Waals surface area (Å²) in [6.45, 7) is 6.23. The Labute approximate surface area is 189 Å². The van der Waals surface area contributed by atoms with Gasteiger partial charge in [0.05, 0.1) is 13.1 Å². The maximum Gasteiger partial charge on any atom is 0.228 e. The number of hydrogen-bond donors (Lipinski definition) is 0. The average Bonchev–Trinajstić information content (AvgIpc) is 2.77. The number of carbonyl (C=O) groups excluding carboxylic acids is 1. The summed E-state index contributed by atoms with van der Waals surface area (Å²) in [6.07, 6.45) is 4.79. The van der Waals surface area contributed by atoms with Crippen LogP contribution in [0, 0.1) is 13.8 Å². The molecular weight excluding hydrogens is 402 g/mol. The number of anilines is 1. The molecule has 0 N–H and O–H groups in total. The summed E-state index contributed by atoms with van der Waals surface area (Å²) in [4.78, 5) is 30.4. The topological polar surface area (TPSA) is 71.5 Å². The molecule has 1 aromatic carbocycles. The molecule has 7 nitrogen and oxygen atoms in total. The van der Waals surface area contributed by atoms with Crippen LogP contribution in [0.5, 0.6) is 5.75 Å². The molecule has 0 unspecified atom stereocenters. The number of hydrogen-bond acceptors (Lipinski definition) is 6. The molecule has 0 spiro atoms. The molecule has 0 bridgehead atoms. The Morgan fingerprint density at radius 2 is 1.91 bits per heavy atom. The molecule has 1 amide bonds. The zero-order valence-electron chi connectivity index (χ0n) is 18.9. The number of benzene rings is 1. The Kier molecular flexibility index (Phi) is 6.75. The second-order valence-corrected chi connectivity index (χ2v) is 8.22. The first-order chi connectivity index (χ1) is 15.5. The third-order valence-electron chi connectivity index (χ3n) is 5.64. The smallest absolute Gasteiger partial charge is 0.228 e. The van der Waals surface area contributed by atoms with Crippen LogP contribution in [0.15, 0.2) is 48.8 Å². The van der Waals surface area contributed by atoms with Gasteiger partial charge < -0.3 is 4.74 Å². The molecule has 2 aromatic heterocycles. The summed E-state index contributed by atoms with van der Waals surface area (Å²) in [5, 5.41) is 0. The van der Waals surface area contributed by atoms with Crippen LogP contribution in [0.25, 0.3) is 0 Å². The van der Waals surface area contributed by atoms with Gasteiger partial charge in [0.1, 0.15) is 24.0 Å².